The fourth-order valence-corrected chi connectivity index (χ4v) is 1.89. The summed E-state index contributed by atoms with van der Waals surface area (Å²) in [6.45, 7) is -0.0656. The molecule has 0 fully saturated rings. The van der Waals surface area contributed by atoms with Crippen LogP contribution in [0.15, 0.2) is 51.9 Å². The fourth-order valence-electron chi connectivity index (χ4n) is 1.51. The predicted octanol–water partition coefficient (Wildman–Crippen LogP) is 2.63. The zero-order chi connectivity index (χ0) is 13.1. The van der Waals surface area contributed by atoms with E-state index in [4.69, 9.17) is 0 Å². The molecule has 0 saturated heterocycles. The first kappa shape index (κ1) is 12.7. The van der Waals surface area contributed by atoms with Gasteiger partial charge in [-0.2, -0.15) is 0 Å². The number of carbonyl (C=O) groups excluding carboxylic acids is 1. The third-order valence-electron chi connectivity index (χ3n) is 2.43. The molecule has 1 aromatic heterocycles. The molecule has 18 heavy (non-hydrogen) atoms. The molecular weight excluding hydrogens is 301 g/mol. The van der Waals surface area contributed by atoms with Crippen LogP contribution in [0.2, 0.25) is 0 Å². The molecule has 0 unspecified atom stereocenters. The number of pyridine rings is 1. The third-order valence-corrected chi connectivity index (χ3v) is 2.90. The highest BCUT2D eigenvalue weighted by Gasteiger charge is 2.08. The standard InChI is InChI=1S/C13H9BrFNO2/c14-10-3-6-13(18)16(7-10)8-12(17)9-1-4-11(15)5-2-9/h1-7H,8H2. The quantitative estimate of drug-likeness (QED) is 0.818. The van der Waals surface area contributed by atoms with Gasteiger partial charge in [0.2, 0.25) is 0 Å². The van der Waals surface area contributed by atoms with Gasteiger partial charge in [-0.25, -0.2) is 4.39 Å². The summed E-state index contributed by atoms with van der Waals surface area (Å²) in [5, 5.41) is 0. The molecule has 3 nitrogen and oxygen atoms in total. The number of nitrogens with zero attached hydrogens (tertiary/aromatic N) is 1. The lowest BCUT2D eigenvalue weighted by Gasteiger charge is -2.05. The van der Waals surface area contributed by atoms with Crippen molar-refractivity contribution >= 4 is 21.7 Å². The van der Waals surface area contributed by atoms with Gasteiger partial charge in [-0.3, -0.25) is 9.59 Å². The number of aromatic nitrogens is 1. The summed E-state index contributed by atoms with van der Waals surface area (Å²) in [6.07, 6.45) is 1.55. The molecule has 0 bridgehead atoms. The molecule has 0 N–H and O–H groups in total. The molecule has 0 saturated carbocycles. The van der Waals surface area contributed by atoms with E-state index in [0.717, 1.165) is 0 Å². The van der Waals surface area contributed by atoms with Crippen LogP contribution in [0.1, 0.15) is 10.4 Å². The van der Waals surface area contributed by atoms with Gasteiger partial charge in [-0.15, -0.1) is 0 Å². The molecule has 0 aliphatic heterocycles. The molecule has 92 valence electrons. The molecule has 0 aliphatic rings. The number of carbonyl (C=O) groups is 1. The number of Topliss-reactive ketones (excluding diaryl/α,β-unsaturated/α-hetero) is 1. The van der Waals surface area contributed by atoms with Gasteiger partial charge >= 0.3 is 0 Å². The van der Waals surface area contributed by atoms with E-state index in [1.54, 1.807) is 12.3 Å². The topological polar surface area (TPSA) is 39.1 Å². The van der Waals surface area contributed by atoms with Crippen molar-refractivity contribution in [3.8, 4) is 0 Å². The van der Waals surface area contributed by atoms with Crippen LogP contribution in [0.4, 0.5) is 4.39 Å². The van der Waals surface area contributed by atoms with E-state index in [1.807, 2.05) is 0 Å². The molecule has 0 amide bonds. The van der Waals surface area contributed by atoms with E-state index < -0.39 is 5.82 Å². The van der Waals surface area contributed by atoms with Crippen LogP contribution < -0.4 is 5.56 Å². The van der Waals surface area contributed by atoms with E-state index >= 15 is 0 Å². The SMILES string of the molecule is O=C(Cn1cc(Br)ccc1=O)c1ccc(F)cc1. The maximum Gasteiger partial charge on any atom is 0.251 e. The summed E-state index contributed by atoms with van der Waals surface area (Å²) in [5.41, 5.74) is 0.122. The first-order valence-corrected chi connectivity index (χ1v) is 6.00. The van der Waals surface area contributed by atoms with E-state index in [-0.39, 0.29) is 17.9 Å². The Morgan fingerprint density at radius 3 is 2.50 bits per heavy atom. The first-order chi connectivity index (χ1) is 8.56. The number of hydrogen-bond donors (Lipinski definition) is 0. The molecular formula is C13H9BrFNO2. The third kappa shape index (κ3) is 2.92. The monoisotopic (exact) mass is 309 g/mol. The summed E-state index contributed by atoms with van der Waals surface area (Å²) in [6, 6.07) is 8.23. The fraction of sp³-hybridized carbons (Fsp3) is 0.0769. The highest BCUT2D eigenvalue weighted by atomic mass is 79.9. The minimum absolute atomic E-state index is 0.0656. The van der Waals surface area contributed by atoms with Crippen LogP contribution in [-0.2, 0) is 6.54 Å². The predicted molar refractivity (Wildman–Crippen MR) is 69.1 cm³/mol. The molecule has 0 atom stereocenters. The second kappa shape index (κ2) is 5.27. The van der Waals surface area contributed by atoms with E-state index in [9.17, 15) is 14.0 Å². The van der Waals surface area contributed by atoms with Gasteiger partial charge in [0.05, 0.1) is 6.54 Å². The Morgan fingerprint density at radius 2 is 1.83 bits per heavy atom. The van der Waals surface area contributed by atoms with Crippen LogP contribution in [0.25, 0.3) is 0 Å². The van der Waals surface area contributed by atoms with Gasteiger partial charge in [0.15, 0.2) is 5.78 Å². The van der Waals surface area contributed by atoms with Crippen molar-refractivity contribution in [1.29, 1.82) is 0 Å². The van der Waals surface area contributed by atoms with Crippen molar-refractivity contribution in [2.45, 2.75) is 6.54 Å². The Balaban J connectivity index is 2.24. The normalized spacial score (nSPS) is 10.3. The summed E-state index contributed by atoms with van der Waals surface area (Å²) in [5.74, 6) is -0.638. The summed E-state index contributed by atoms with van der Waals surface area (Å²) >= 11 is 3.23. The summed E-state index contributed by atoms with van der Waals surface area (Å²) in [7, 11) is 0. The minimum Gasteiger partial charge on any atom is -0.307 e. The zero-order valence-corrected chi connectivity index (χ0v) is 10.9. The van der Waals surface area contributed by atoms with Crippen LogP contribution in [0.5, 0.6) is 0 Å². The number of hydrogen-bond acceptors (Lipinski definition) is 2. The lowest BCUT2D eigenvalue weighted by atomic mass is 10.1. The van der Waals surface area contributed by atoms with Crippen LogP contribution in [0.3, 0.4) is 0 Å². The Bertz CT molecular complexity index is 634. The highest BCUT2D eigenvalue weighted by Crippen LogP contribution is 2.07. The zero-order valence-electron chi connectivity index (χ0n) is 9.27. The average molecular weight is 310 g/mol. The largest absolute Gasteiger partial charge is 0.307 e. The number of ketones is 1. The van der Waals surface area contributed by atoms with Crippen molar-refractivity contribution in [2.75, 3.05) is 0 Å². The Morgan fingerprint density at radius 1 is 1.17 bits per heavy atom. The van der Waals surface area contributed by atoms with Crippen molar-refractivity contribution in [3.05, 3.63) is 68.8 Å². The number of rotatable bonds is 3. The van der Waals surface area contributed by atoms with Crippen LogP contribution >= 0.6 is 15.9 Å². The molecule has 0 radical (unpaired) electrons. The molecule has 1 heterocycles. The highest BCUT2D eigenvalue weighted by molar-refractivity contribution is 9.10. The average Bonchev–Trinajstić information content (AvgIpc) is 2.34. The van der Waals surface area contributed by atoms with E-state index in [0.29, 0.717) is 10.0 Å². The van der Waals surface area contributed by atoms with Crippen LogP contribution in [-0.4, -0.2) is 10.4 Å². The summed E-state index contributed by atoms with van der Waals surface area (Å²) < 4.78 is 14.7. The second-order valence-corrected chi connectivity index (χ2v) is 4.66. The van der Waals surface area contributed by atoms with Crippen molar-refractivity contribution < 1.29 is 9.18 Å². The van der Waals surface area contributed by atoms with Crippen molar-refractivity contribution in [2.24, 2.45) is 0 Å². The molecule has 0 aliphatic carbocycles. The van der Waals surface area contributed by atoms with Crippen molar-refractivity contribution in [1.82, 2.24) is 4.57 Å². The molecule has 5 heteroatoms. The molecule has 2 aromatic rings. The summed E-state index contributed by atoms with van der Waals surface area (Å²) in [4.78, 5) is 23.4. The van der Waals surface area contributed by atoms with Gasteiger partial charge < -0.3 is 4.57 Å². The molecule has 2 rings (SSSR count). The Labute approximate surface area is 111 Å². The number of benzene rings is 1. The van der Waals surface area contributed by atoms with Gasteiger partial charge in [0.25, 0.3) is 5.56 Å². The van der Waals surface area contributed by atoms with E-state index in [1.165, 1.54) is 34.9 Å². The second-order valence-electron chi connectivity index (χ2n) is 3.74. The molecule has 0 spiro atoms. The lowest BCUT2D eigenvalue weighted by molar-refractivity contribution is 0.0970. The number of halogens is 2. The smallest absolute Gasteiger partial charge is 0.251 e. The lowest BCUT2D eigenvalue weighted by Crippen LogP contribution is -2.22. The van der Waals surface area contributed by atoms with Crippen molar-refractivity contribution in [3.63, 3.8) is 0 Å². The van der Waals surface area contributed by atoms with Crippen LogP contribution in [0, 0.1) is 5.82 Å². The Hall–Kier alpha value is -1.75. The van der Waals surface area contributed by atoms with Gasteiger partial charge in [-0.1, -0.05) is 0 Å². The Kier molecular flexibility index (Phi) is 3.72. The first-order valence-electron chi connectivity index (χ1n) is 5.21. The maximum atomic E-state index is 12.7. The van der Waals surface area contributed by atoms with Gasteiger partial charge in [-0.05, 0) is 46.3 Å². The van der Waals surface area contributed by atoms with Gasteiger partial charge in [0.1, 0.15) is 5.82 Å². The van der Waals surface area contributed by atoms with E-state index in [2.05, 4.69) is 15.9 Å². The minimum atomic E-state index is -0.397. The van der Waals surface area contributed by atoms with Gasteiger partial charge in [0, 0.05) is 22.3 Å². The molecule has 1 aromatic carbocycles. The maximum absolute atomic E-state index is 12.7.